The lowest BCUT2D eigenvalue weighted by molar-refractivity contribution is 0.317. The van der Waals surface area contributed by atoms with E-state index in [0.717, 1.165) is 17.9 Å². The normalized spacial score (nSPS) is 17.3. The molecule has 0 bridgehead atoms. The fraction of sp³-hybridized carbons (Fsp3) is 0.412. The van der Waals surface area contributed by atoms with Crippen LogP contribution in [0, 0.1) is 0 Å². The van der Waals surface area contributed by atoms with E-state index in [9.17, 15) is 0 Å². The average Bonchev–Trinajstić information content (AvgIpc) is 2.96. The maximum absolute atomic E-state index is 6.30. The van der Waals surface area contributed by atoms with Crippen molar-refractivity contribution in [1.82, 2.24) is 0 Å². The van der Waals surface area contributed by atoms with Gasteiger partial charge in [-0.15, -0.1) is 11.3 Å². The maximum atomic E-state index is 6.30. The van der Waals surface area contributed by atoms with E-state index in [1.54, 1.807) is 0 Å². The molecule has 2 aromatic rings. The van der Waals surface area contributed by atoms with Crippen LogP contribution in [0.3, 0.4) is 0 Å². The minimum Gasteiger partial charge on any atom is -0.492 e. The van der Waals surface area contributed by atoms with Crippen LogP contribution in [0.5, 0.6) is 5.75 Å². The summed E-state index contributed by atoms with van der Waals surface area (Å²) in [7, 11) is 0. The highest BCUT2D eigenvalue weighted by Gasteiger charge is 2.21. The Balaban J connectivity index is 1.73. The SMILES string of the molecule is CCCOc1ccc(NC2CCCc3sccc32)cc1Cl. The van der Waals surface area contributed by atoms with Crippen LogP contribution in [0.4, 0.5) is 5.69 Å². The van der Waals surface area contributed by atoms with Crippen LogP contribution in [-0.4, -0.2) is 6.61 Å². The van der Waals surface area contributed by atoms with Crippen LogP contribution in [-0.2, 0) is 6.42 Å². The zero-order chi connectivity index (χ0) is 14.7. The number of benzene rings is 1. The summed E-state index contributed by atoms with van der Waals surface area (Å²) in [6.45, 7) is 2.79. The molecule has 1 aromatic carbocycles. The monoisotopic (exact) mass is 321 g/mol. The molecule has 21 heavy (non-hydrogen) atoms. The first-order chi connectivity index (χ1) is 10.3. The molecule has 0 aliphatic heterocycles. The van der Waals surface area contributed by atoms with Crippen molar-refractivity contribution in [2.75, 3.05) is 11.9 Å². The van der Waals surface area contributed by atoms with Crippen molar-refractivity contribution in [3.8, 4) is 5.75 Å². The first-order valence-electron chi connectivity index (χ1n) is 7.53. The number of nitrogens with one attached hydrogen (secondary N) is 1. The molecule has 0 saturated carbocycles. The van der Waals surface area contributed by atoms with Gasteiger partial charge in [-0.2, -0.15) is 0 Å². The summed E-state index contributed by atoms with van der Waals surface area (Å²) in [6, 6.07) is 8.62. The van der Waals surface area contributed by atoms with E-state index >= 15 is 0 Å². The second kappa shape index (κ2) is 6.71. The Morgan fingerprint density at radius 2 is 2.29 bits per heavy atom. The molecule has 2 nitrogen and oxygen atoms in total. The molecule has 0 radical (unpaired) electrons. The van der Waals surface area contributed by atoms with Crippen LogP contribution in [0.15, 0.2) is 29.6 Å². The molecule has 0 saturated heterocycles. The van der Waals surface area contributed by atoms with Gasteiger partial charge in [-0.1, -0.05) is 18.5 Å². The Bertz CT molecular complexity index is 611. The Hall–Kier alpha value is -1.19. The lowest BCUT2D eigenvalue weighted by Crippen LogP contribution is -2.15. The standard InChI is InChI=1S/C17H20ClNOS/c1-2-9-20-16-7-6-12(11-14(16)18)19-15-4-3-5-17-13(15)8-10-21-17/h6-8,10-11,15,19H,2-5,9H2,1H3. The summed E-state index contributed by atoms with van der Waals surface area (Å²) < 4.78 is 5.62. The van der Waals surface area contributed by atoms with Crippen LogP contribution in [0.2, 0.25) is 5.02 Å². The molecule has 1 N–H and O–H groups in total. The Morgan fingerprint density at radius 3 is 3.10 bits per heavy atom. The van der Waals surface area contributed by atoms with E-state index in [2.05, 4.69) is 29.8 Å². The molecule has 0 amide bonds. The third-order valence-corrected chi connectivity index (χ3v) is 5.08. The van der Waals surface area contributed by atoms with E-state index in [1.807, 2.05) is 23.5 Å². The highest BCUT2D eigenvalue weighted by molar-refractivity contribution is 7.10. The van der Waals surface area contributed by atoms with Crippen molar-refractivity contribution >= 4 is 28.6 Å². The summed E-state index contributed by atoms with van der Waals surface area (Å²) in [6.07, 6.45) is 4.63. The van der Waals surface area contributed by atoms with E-state index in [0.29, 0.717) is 17.7 Å². The number of hydrogen-bond acceptors (Lipinski definition) is 3. The molecule has 4 heteroatoms. The van der Waals surface area contributed by atoms with Gasteiger partial charge in [-0.05, 0) is 60.9 Å². The molecule has 3 rings (SSSR count). The van der Waals surface area contributed by atoms with Gasteiger partial charge < -0.3 is 10.1 Å². The van der Waals surface area contributed by atoms with Gasteiger partial charge in [0, 0.05) is 10.6 Å². The molecule has 1 atom stereocenters. The van der Waals surface area contributed by atoms with Gasteiger partial charge >= 0.3 is 0 Å². The lowest BCUT2D eigenvalue weighted by Gasteiger charge is -2.25. The quantitative estimate of drug-likeness (QED) is 0.765. The van der Waals surface area contributed by atoms with Gasteiger partial charge in [-0.25, -0.2) is 0 Å². The third-order valence-electron chi connectivity index (χ3n) is 3.79. The van der Waals surface area contributed by atoms with Gasteiger partial charge in [0.2, 0.25) is 0 Å². The molecule has 0 spiro atoms. The molecule has 1 aliphatic rings. The molecule has 1 aliphatic carbocycles. The summed E-state index contributed by atoms with van der Waals surface area (Å²) in [5.41, 5.74) is 2.52. The van der Waals surface area contributed by atoms with E-state index in [1.165, 1.54) is 29.7 Å². The summed E-state index contributed by atoms with van der Waals surface area (Å²) in [5, 5.41) is 6.48. The molecular weight excluding hydrogens is 302 g/mol. The largest absolute Gasteiger partial charge is 0.492 e. The predicted octanol–water partition coefficient (Wildman–Crippen LogP) is 5.68. The summed E-state index contributed by atoms with van der Waals surface area (Å²) in [4.78, 5) is 1.52. The minimum atomic E-state index is 0.401. The van der Waals surface area contributed by atoms with Crippen LogP contribution >= 0.6 is 22.9 Å². The van der Waals surface area contributed by atoms with E-state index in [-0.39, 0.29) is 0 Å². The van der Waals surface area contributed by atoms with Gasteiger partial charge in [0.15, 0.2) is 0 Å². The van der Waals surface area contributed by atoms with Crippen LogP contribution in [0.1, 0.15) is 42.7 Å². The number of halogens is 1. The minimum absolute atomic E-state index is 0.401. The van der Waals surface area contributed by atoms with Crippen LogP contribution < -0.4 is 10.1 Å². The smallest absolute Gasteiger partial charge is 0.138 e. The highest BCUT2D eigenvalue weighted by atomic mass is 35.5. The zero-order valence-electron chi connectivity index (χ0n) is 12.2. The molecule has 1 unspecified atom stereocenters. The van der Waals surface area contributed by atoms with Crippen LogP contribution in [0.25, 0.3) is 0 Å². The van der Waals surface area contributed by atoms with Crippen molar-refractivity contribution in [3.05, 3.63) is 45.1 Å². The lowest BCUT2D eigenvalue weighted by atomic mass is 9.94. The predicted molar refractivity (Wildman–Crippen MR) is 90.9 cm³/mol. The number of thiophene rings is 1. The van der Waals surface area contributed by atoms with E-state index < -0.39 is 0 Å². The fourth-order valence-electron chi connectivity index (χ4n) is 2.76. The first kappa shape index (κ1) is 14.7. The number of rotatable bonds is 5. The topological polar surface area (TPSA) is 21.3 Å². The van der Waals surface area contributed by atoms with Gasteiger partial charge in [0.05, 0.1) is 17.7 Å². The fourth-order valence-corrected chi connectivity index (χ4v) is 3.98. The Labute approximate surface area is 135 Å². The molecule has 1 heterocycles. The third kappa shape index (κ3) is 3.35. The van der Waals surface area contributed by atoms with Crippen molar-refractivity contribution in [3.63, 3.8) is 0 Å². The number of aryl methyl sites for hydroxylation is 1. The van der Waals surface area contributed by atoms with Crippen molar-refractivity contribution in [2.45, 2.75) is 38.6 Å². The van der Waals surface area contributed by atoms with Gasteiger partial charge in [0.25, 0.3) is 0 Å². The van der Waals surface area contributed by atoms with Gasteiger partial charge in [-0.3, -0.25) is 0 Å². The number of fused-ring (bicyclic) bond motifs is 1. The van der Waals surface area contributed by atoms with Crippen molar-refractivity contribution in [2.24, 2.45) is 0 Å². The molecule has 112 valence electrons. The molecule has 0 fully saturated rings. The second-order valence-electron chi connectivity index (χ2n) is 5.38. The second-order valence-corrected chi connectivity index (χ2v) is 6.79. The molecule has 1 aromatic heterocycles. The maximum Gasteiger partial charge on any atom is 0.138 e. The zero-order valence-corrected chi connectivity index (χ0v) is 13.8. The van der Waals surface area contributed by atoms with Gasteiger partial charge in [0.1, 0.15) is 5.75 Å². The highest BCUT2D eigenvalue weighted by Crippen LogP contribution is 2.36. The van der Waals surface area contributed by atoms with Crippen molar-refractivity contribution in [1.29, 1.82) is 0 Å². The summed E-state index contributed by atoms with van der Waals surface area (Å²) >= 11 is 8.17. The summed E-state index contributed by atoms with van der Waals surface area (Å²) in [5.74, 6) is 0.768. The van der Waals surface area contributed by atoms with Crippen molar-refractivity contribution < 1.29 is 4.74 Å². The number of ether oxygens (including phenoxy) is 1. The van der Waals surface area contributed by atoms with E-state index in [4.69, 9.17) is 16.3 Å². The number of anilines is 1. The number of hydrogen-bond donors (Lipinski definition) is 1. The molecular formula is C17H20ClNOS. The Morgan fingerprint density at radius 1 is 1.38 bits per heavy atom. The Kier molecular flexibility index (Phi) is 4.71. The average molecular weight is 322 g/mol. The first-order valence-corrected chi connectivity index (χ1v) is 8.79.